The fourth-order valence-electron chi connectivity index (χ4n) is 2.53. The van der Waals surface area contributed by atoms with E-state index in [2.05, 4.69) is 20.2 Å². The van der Waals surface area contributed by atoms with Gasteiger partial charge in [-0.2, -0.15) is 0 Å². The van der Waals surface area contributed by atoms with Gasteiger partial charge in [-0.1, -0.05) is 0 Å². The van der Waals surface area contributed by atoms with Crippen molar-refractivity contribution < 1.29 is 14.6 Å². The van der Waals surface area contributed by atoms with E-state index in [0.29, 0.717) is 25.5 Å². The highest BCUT2D eigenvalue weighted by molar-refractivity contribution is 5.50. The number of nitrogens with zero attached hydrogens (tertiary/aromatic N) is 3. The lowest BCUT2D eigenvalue weighted by Crippen LogP contribution is -2.54. The summed E-state index contributed by atoms with van der Waals surface area (Å²) in [7, 11) is 3.44. The Hall–Kier alpha value is -1.44. The van der Waals surface area contributed by atoms with Crippen LogP contribution in [0.15, 0.2) is 6.07 Å². The molecule has 7 nitrogen and oxygen atoms in total. The molecule has 21 heavy (non-hydrogen) atoms. The summed E-state index contributed by atoms with van der Waals surface area (Å²) in [5.74, 6) is 2.19. The van der Waals surface area contributed by atoms with Gasteiger partial charge in [-0.3, -0.25) is 0 Å². The van der Waals surface area contributed by atoms with E-state index in [1.807, 2.05) is 27.0 Å². The van der Waals surface area contributed by atoms with Crippen LogP contribution in [0.25, 0.3) is 0 Å². The summed E-state index contributed by atoms with van der Waals surface area (Å²) in [6, 6.07) is 1.90. The number of aliphatic hydroxyl groups excluding tert-OH is 1. The second-order valence-corrected chi connectivity index (χ2v) is 5.77. The van der Waals surface area contributed by atoms with E-state index in [0.717, 1.165) is 11.6 Å². The van der Waals surface area contributed by atoms with Crippen molar-refractivity contribution in [3.8, 4) is 0 Å². The molecule has 0 aliphatic carbocycles. The number of ether oxygens (including phenoxy) is 2. The van der Waals surface area contributed by atoms with Gasteiger partial charge >= 0.3 is 0 Å². The van der Waals surface area contributed by atoms with Crippen LogP contribution in [-0.4, -0.2) is 60.6 Å². The highest BCUT2D eigenvalue weighted by Gasteiger charge is 2.34. The molecular formula is C14H24N4O3. The quantitative estimate of drug-likeness (QED) is 0.825. The lowest BCUT2D eigenvalue weighted by Gasteiger charge is -2.42. The molecule has 0 saturated carbocycles. The molecule has 1 aromatic rings. The van der Waals surface area contributed by atoms with Gasteiger partial charge in [0.05, 0.1) is 18.3 Å². The van der Waals surface area contributed by atoms with Gasteiger partial charge in [0.25, 0.3) is 0 Å². The average molecular weight is 296 g/mol. The van der Waals surface area contributed by atoms with Crippen molar-refractivity contribution in [2.75, 3.05) is 44.1 Å². The summed E-state index contributed by atoms with van der Waals surface area (Å²) in [5.41, 5.74) is -0.335. The Kier molecular flexibility index (Phi) is 4.97. The van der Waals surface area contributed by atoms with Crippen molar-refractivity contribution in [3.05, 3.63) is 11.9 Å². The van der Waals surface area contributed by atoms with Gasteiger partial charge in [-0.25, -0.2) is 9.97 Å². The number of nitrogens with one attached hydrogen (secondary N) is 1. The summed E-state index contributed by atoms with van der Waals surface area (Å²) in [6.45, 7) is 5.69. The second-order valence-electron chi connectivity index (χ2n) is 5.77. The highest BCUT2D eigenvalue weighted by atomic mass is 16.5. The Morgan fingerprint density at radius 2 is 2.29 bits per heavy atom. The summed E-state index contributed by atoms with van der Waals surface area (Å²) in [6.07, 6.45) is -0.215. The third kappa shape index (κ3) is 4.03. The first-order valence-electron chi connectivity index (χ1n) is 7.05. The first-order chi connectivity index (χ1) is 9.97. The minimum Gasteiger partial charge on any atom is -0.394 e. The molecule has 0 amide bonds. The normalized spacial score (nSPS) is 21.4. The molecule has 0 bridgehead atoms. The van der Waals surface area contributed by atoms with Crippen molar-refractivity contribution >= 4 is 11.6 Å². The molecule has 1 aliphatic rings. The van der Waals surface area contributed by atoms with Crippen LogP contribution in [0.1, 0.15) is 19.7 Å². The first-order valence-corrected chi connectivity index (χ1v) is 7.05. The summed E-state index contributed by atoms with van der Waals surface area (Å²) < 4.78 is 11.0. The van der Waals surface area contributed by atoms with E-state index in [4.69, 9.17) is 9.47 Å². The molecule has 1 unspecified atom stereocenters. The number of aliphatic hydroxyl groups is 1. The predicted molar refractivity (Wildman–Crippen MR) is 80.5 cm³/mol. The third-order valence-electron chi connectivity index (χ3n) is 3.30. The van der Waals surface area contributed by atoms with Gasteiger partial charge in [-0.15, -0.1) is 0 Å². The Bertz CT molecular complexity index is 481. The Balaban J connectivity index is 2.28. The predicted octanol–water partition coefficient (Wildman–Crippen LogP) is 0.641. The molecular weight excluding hydrogens is 272 g/mol. The van der Waals surface area contributed by atoms with Gasteiger partial charge in [0.1, 0.15) is 18.2 Å². The number of methoxy groups -OCH3 is 1. The van der Waals surface area contributed by atoms with Crippen LogP contribution in [0.2, 0.25) is 0 Å². The SMILES string of the molecule is CNc1cc(N2CC(CO)OC(C)(C)C2)nc(COC)n1. The number of hydrogen-bond donors (Lipinski definition) is 2. The van der Waals surface area contributed by atoms with Crippen molar-refractivity contribution in [1.29, 1.82) is 0 Å². The number of rotatable bonds is 5. The number of aromatic nitrogens is 2. The maximum atomic E-state index is 9.41. The third-order valence-corrected chi connectivity index (χ3v) is 3.30. The van der Waals surface area contributed by atoms with Gasteiger partial charge in [0.15, 0.2) is 5.82 Å². The van der Waals surface area contributed by atoms with Gasteiger partial charge in [-0.05, 0) is 13.8 Å². The van der Waals surface area contributed by atoms with Crippen LogP contribution >= 0.6 is 0 Å². The zero-order chi connectivity index (χ0) is 15.5. The maximum absolute atomic E-state index is 9.41. The Labute approximate surface area is 125 Å². The maximum Gasteiger partial charge on any atom is 0.158 e. The number of hydrogen-bond acceptors (Lipinski definition) is 7. The summed E-state index contributed by atoms with van der Waals surface area (Å²) in [5, 5.41) is 12.4. The Morgan fingerprint density at radius 1 is 1.52 bits per heavy atom. The van der Waals surface area contributed by atoms with Crippen LogP contribution in [0.4, 0.5) is 11.6 Å². The molecule has 1 fully saturated rings. The standard InChI is InChI=1S/C14H24N4O3/c1-14(2)9-18(6-10(7-19)21-14)13-5-11(15-3)16-12(17-13)8-20-4/h5,10,19H,6-9H2,1-4H3,(H,15,16,17). The fraction of sp³-hybridized carbons (Fsp3) is 0.714. The van der Waals surface area contributed by atoms with Gasteiger partial charge < -0.3 is 24.8 Å². The van der Waals surface area contributed by atoms with E-state index in [-0.39, 0.29) is 18.3 Å². The molecule has 1 saturated heterocycles. The topological polar surface area (TPSA) is 79.7 Å². The van der Waals surface area contributed by atoms with E-state index in [1.54, 1.807) is 7.11 Å². The number of anilines is 2. The smallest absolute Gasteiger partial charge is 0.158 e. The van der Waals surface area contributed by atoms with E-state index >= 15 is 0 Å². The molecule has 2 rings (SSSR count). The molecule has 1 aliphatic heterocycles. The molecule has 7 heteroatoms. The lowest BCUT2D eigenvalue weighted by atomic mass is 10.1. The van der Waals surface area contributed by atoms with Crippen molar-refractivity contribution in [2.45, 2.75) is 32.2 Å². The van der Waals surface area contributed by atoms with Crippen LogP contribution in [-0.2, 0) is 16.1 Å². The van der Waals surface area contributed by atoms with Crippen molar-refractivity contribution in [2.24, 2.45) is 0 Å². The molecule has 0 radical (unpaired) electrons. The monoisotopic (exact) mass is 296 g/mol. The molecule has 0 spiro atoms. The van der Waals surface area contributed by atoms with Gasteiger partial charge in [0, 0.05) is 33.3 Å². The zero-order valence-electron chi connectivity index (χ0n) is 13.1. The highest BCUT2D eigenvalue weighted by Crippen LogP contribution is 2.26. The fourth-order valence-corrected chi connectivity index (χ4v) is 2.53. The summed E-state index contributed by atoms with van der Waals surface area (Å²) in [4.78, 5) is 11.0. The average Bonchev–Trinajstić information content (AvgIpc) is 2.45. The minimum atomic E-state index is -0.335. The molecule has 2 heterocycles. The van der Waals surface area contributed by atoms with Crippen molar-refractivity contribution in [1.82, 2.24) is 9.97 Å². The Morgan fingerprint density at radius 3 is 2.90 bits per heavy atom. The van der Waals surface area contributed by atoms with E-state index < -0.39 is 0 Å². The molecule has 1 atom stereocenters. The lowest BCUT2D eigenvalue weighted by molar-refractivity contribution is -0.101. The molecule has 2 N–H and O–H groups in total. The molecule has 0 aromatic carbocycles. The molecule has 118 valence electrons. The zero-order valence-corrected chi connectivity index (χ0v) is 13.1. The molecule has 1 aromatic heterocycles. The second kappa shape index (κ2) is 6.55. The van der Waals surface area contributed by atoms with Gasteiger partial charge in [0.2, 0.25) is 0 Å². The summed E-state index contributed by atoms with van der Waals surface area (Å²) >= 11 is 0. The minimum absolute atomic E-state index is 0.00513. The largest absolute Gasteiger partial charge is 0.394 e. The van der Waals surface area contributed by atoms with Crippen LogP contribution in [0.3, 0.4) is 0 Å². The van der Waals surface area contributed by atoms with E-state index in [9.17, 15) is 5.11 Å². The van der Waals surface area contributed by atoms with Crippen LogP contribution in [0, 0.1) is 0 Å². The first kappa shape index (κ1) is 15.9. The van der Waals surface area contributed by atoms with Crippen molar-refractivity contribution in [3.63, 3.8) is 0 Å². The van der Waals surface area contributed by atoms with Crippen LogP contribution in [0.5, 0.6) is 0 Å². The van der Waals surface area contributed by atoms with E-state index in [1.165, 1.54) is 0 Å². The number of morpholine rings is 1. The van der Waals surface area contributed by atoms with Crippen LogP contribution < -0.4 is 10.2 Å².